The molecule has 0 unspecified atom stereocenters. The van der Waals surface area contributed by atoms with Crippen LogP contribution in [0.15, 0.2) is 104 Å². The Bertz CT molecular complexity index is 578. The molecule has 0 heterocycles. The maximum absolute atomic E-state index is 4.49. The Kier molecular flexibility index (Phi) is 11.2. The van der Waals surface area contributed by atoms with Gasteiger partial charge in [0.1, 0.15) is 0 Å². The summed E-state index contributed by atoms with van der Waals surface area (Å²) in [5, 5.41) is 4.19. The van der Waals surface area contributed by atoms with Crippen LogP contribution in [0.3, 0.4) is 0 Å². The Balaban J connectivity index is 0.000000521. The Morgan fingerprint density at radius 1 is 0.667 bits per heavy atom. The molecule has 0 radical (unpaired) electrons. The van der Waals surface area contributed by atoms with Crippen molar-refractivity contribution in [3.8, 4) is 0 Å². The number of halogens is 1. The van der Waals surface area contributed by atoms with Gasteiger partial charge in [-0.25, -0.2) is 19.6 Å². The van der Waals surface area contributed by atoms with E-state index in [2.05, 4.69) is 132 Å². The van der Waals surface area contributed by atoms with Crippen LogP contribution in [0.5, 0.6) is 0 Å². The Morgan fingerprint density at radius 2 is 0.875 bits per heavy atom. The minimum Gasteiger partial charge on any atom is -0.0622 e. The molecule has 0 spiro atoms. The Morgan fingerprint density at radius 3 is 1.08 bits per heavy atom. The van der Waals surface area contributed by atoms with Crippen LogP contribution in [0.4, 0.5) is 0 Å². The number of hydrogen-bond acceptors (Lipinski definition) is 0. The first-order chi connectivity index (χ1) is 11.9. The minimum absolute atomic E-state index is 0.446. The molecule has 0 aromatic heterocycles. The summed E-state index contributed by atoms with van der Waals surface area (Å²) in [7, 11) is 4.04. The van der Waals surface area contributed by atoms with Gasteiger partial charge in [-0.15, -0.1) is 0 Å². The molecule has 0 aliphatic rings. The van der Waals surface area contributed by atoms with E-state index < -0.39 is 7.92 Å². The van der Waals surface area contributed by atoms with Crippen molar-refractivity contribution < 1.29 is 18.2 Å². The number of hydrogen-bond donors (Lipinski definition) is 0. The zero-order valence-corrected chi connectivity index (χ0v) is 16.5. The van der Waals surface area contributed by atoms with Gasteiger partial charge in [-0.3, -0.25) is 0 Å². The molecule has 3 heteroatoms. The van der Waals surface area contributed by atoms with Gasteiger partial charge in [0.05, 0.1) is 0 Å². The Hall–Kier alpha value is -1.35. The van der Waals surface area contributed by atoms with E-state index in [4.69, 9.17) is 0 Å². The van der Waals surface area contributed by atoms with E-state index >= 15 is 0 Å². The predicted octanol–water partition coefficient (Wildman–Crippen LogP) is 5.14. The van der Waals surface area contributed by atoms with Gasteiger partial charge >= 0.3 is 27.7 Å². The molecule has 0 atom stereocenters. The fraction of sp³-hybridized carbons (Fsp3) is 0. The van der Waals surface area contributed by atoms with Gasteiger partial charge in [-0.1, -0.05) is 91.0 Å². The normalized spacial score (nSPS) is 9.17. The first-order valence-corrected chi connectivity index (χ1v) is 10.7. The van der Waals surface area contributed by atoms with Gasteiger partial charge in [0.2, 0.25) is 0 Å². The molecule has 0 aliphatic heterocycles. The van der Waals surface area contributed by atoms with E-state index in [0.717, 1.165) is 0 Å². The van der Waals surface area contributed by atoms with Crippen LogP contribution in [0.2, 0.25) is 0 Å². The summed E-state index contributed by atoms with van der Waals surface area (Å²) in [4.78, 5) is 0. The van der Waals surface area contributed by atoms with Gasteiger partial charge in [0.15, 0.2) is 0 Å². The van der Waals surface area contributed by atoms with E-state index in [1.807, 2.05) is 0 Å². The topological polar surface area (TPSA) is 0 Å². The summed E-state index contributed by atoms with van der Waals surface area (Å²) in [5.74, 6) is 0. The summed E-state index contributed by atoms with van der Waals surface area (Å²) in [5.41, 5.74) is 0. The van der Waals surface area contributed by atoms with Crippen LogP contribution in [0, 0.1) is 6.92 Å². The van der Waals surface area contributed by atoms with Crippen molar-refractivity contribution in [2.24, 2.45) is 0 Å². The molecule has 0 aliphatic carbocycles. The SMILES string of the molecule is C=C[CH2-].[Cl][Pd+].c1ccc(P(c2ccccc2)c2ccccc2)cc1. The molecular weight excluding hydrogens is 425 g/mol. The van der Waals surface area contributed by atoms with Gasteiger partial charge in [-0.05, 0) is 23.8 Å². The second-order valence-corrected chi connectivity index (χ2v) is 6.85. The quantitative estimate of drug-likeness (QED) is 0.298. The molecule has 0 N–H and O–H groups in total. The van der Waals surface area contributed by atoms with E-state index in [0.29, 0.717) is 0 Å². The number of allylic oxidation sites excluding steroid dienone is 1. The van der Waals surface area contributed by atoms with Gasteiger partial charge in [0.25, 0.3) is 0 Å². The van der Waals surface area contributed by atoms with Crippen LogP contribution >= 0.6 is 17.5 Å². The summed E-state index contributed by atoms with van der Waals surface area (Å²) < 4.78 is 0. The smallest absolute Gasteiger partial charge is 0.0134 e. The standard InChI is InChI=1S/C18H15P.C3H5.ClH.Pd/c1-4-10-16(11-5-1)19(17-12-6-2-7-13-17)18-14-8-3-9-15-18;1-3-2;;/h1-15H;3H,1-2H2;1H;/q;-1;;+2/p-1. The largest absolute Gasteiger partial charge is 0.0622 e. The van der Waals surface area contributed by atoms with E-state index in [-0.39, 0.29) is 0 Å². The second-order valence-electron chi connectivity index (χ2n) is 4.63. The van der Waals surface area contributed by atoms with Crippen molar-refractivity contribution in [1.82, 2.24) is 0 Å². The molecule has 3 aromatic rings. The first kappa shape index (κ1) is 20.7. The molecule has 0 fully saturated rings. The van der Waals surface area contributed by atoms with E-state index in [1.165, 1.54) is 22.0 Å². The number of benzene rings is 3. The third-order valence-corrected chi connectivity index (χ3v) is 5.49. The molecule has 3 rings (SSSR count). The maximum Gasteiger partial charge on any atom is -0.0134 e. The van der Waals surface area contributed by atoms with Crippen molar-refractivity contribution in [2.45, 2.75) is 0 Å². The molecule has 126 valence electrons. The minimum atomic E-state index is -0.446. The predicted molar refractivity (Wildman–Crippen MR) is 107 cm³/mol. The fourth-order valence-electron chi connectivity index (χ4n) is 2.18. The average molecular weight is 445 g/mol. The average Bonchev–Trinajstić information content (AvgIpc) is 2.67. The van der Waals surface area contributed by atoms with Crippen molar-refractivity contribution >= 4 is 33.4 Å². The monoisotopic (exact) mass is 444 g/mol. The molecule has 3 aromatic carbocycles. The zero-order valence-electron chi connectivity index (χ0n) is 13.3. The number of rotatable bonds is 3. The van der Waals surface area contributed by atoms with Crippen molar-refractivity contribution in [3.05, 3.63) is 111 Å². The van der Waals surface area contributed by atoms with Crippen LogP contribution < -0.4 is 15.9 Å². The molecular formula is C21H20ClPPd. The van der Waals surface area contributed by atoms with Crippen molar-refractivity contribution in [2.75, 3.05) is 0 Å². The maximum atomic E-state index is 4.49. The third-order valence-electron chi connectivity index (χ3n) is 3.04. The van der Waals surface area contributed by atoms with Crippen LogP contribution in [0.25, 0.3) is 0 Å². The first-order valence-electron chi connectivity index (χ1n) is 7.34. The van der Waals surface area contributed by atoms with Crippen LogP contribution in [-0.2, 0) is 18.2 Å². The van der Waals surface area contributed by atoms with Gasteiger partial charge in [-0.2, -0.15) is 0 Å². The molecule has 0 nitrogen and oxygen atoms in total. The summed E-state index contributed by atoms with van der Waals surface area (Å²) >= 11 is 2.22. The molecule has 0 saturated carbocycles. The second kappa shape index (κ2) is 13.0. The fourth-order valence-corrected chi connectivity index (χ4v) is 4.48. The molecule has 0 bridgehead atoms. The van der Waals surface area contributed by atoms with Gasteiger partial charge < -0.3 is 0 Å². The van der Waals surface area contributed by atoms with Gasteiger partial charge in [0, 0.05) is 0 Å². The van der Waals surface area contributed by atoms with Crippen molar-refractivity contribution in [1.29, 1.82) is 0 Å². The van der Waals surface area contributed by atoms with E-state index in [1.54, 1.807) is 0 Å². The summed E-state index contributed by atoms with van der Waals surface area (Å²) in [6.45, 7) is 6.50. The van der Waals surface area contributed by atoms with Crippen LogP contribution in [-0.4, -0.2) is 0 Å². The molecule has 0 saturated heterocycles. The van der Waals surface area contributed by atoms with Crippen LogP contribution in [0.1, 0.15) is 0 Å². The Labute approximate surface area is 161 Å². The van der Waals surface area contributed by atoms with Crippen molar-refractivity contribution in [3.63, 3.8) is 0 Å². The van der Waals surface area contributed by atoms with E-state index in [9.17, 15) is 0 Å². The third kappa shape index (κ3) is 6.64. The summed E-state index contributed by atoms with van der Waals surface area (Å²) in [6.07, 6.45) is 1.50. The summed E-state index contributed by atoms with van der Waals surface area (Å²) in [6, 6.07) is 32.3. The molecule has 0 amide bonds. The zero-order chi connectivity index (χ0) is 17.6. The molecule has 24 heavy (non-hydrogen) atoms.